The highest BCUT2D eigenvalue weighted by Crippen LogP contribution is 2.39. The molecule has 0 aliphatic heterocycles. The minimum Gasteiger partial charge on any atom is -0.490 e. The summed E-state index contributed by atoms with van der Waals surface area (Å²) >= 11 is 3.27. The van der Waals surface area contributed by atoms with Crippen molar-refractivity contribution in [3.05, 3.63) is 29.3 Å². The Hall–Kier alpha value is -0.920. The number of hydrogen-bond donors (Lipinski definition) is 0. The molecule has 1 aromatic rings. The number of alkyl halides is 7. The van der Waals surface area contributed by atoms with Crippen molar-refractivity contribution >= 4 is 15.9 Å². The van der Waals surface area contributed by atoms with Gasteiger partial charge >= 0.3 is 12.4 Å². The van der Waals surface area contributed by atoms with Crippen molar-refractivity contribution in [2.24, 2.45) is 0 Å². The molecule has 2 rings (SSSR count). The van der Waals surface area contributed by atoms with Crippen LogP contribution in [0.2, 0.25) is 0 Å². The number of hydrogen-bond acceptors (Lipinski definition) is 1. The van der Waals surface area contributed by atoms with E-state index in [0.29, 0.717) is 25.0 Å². The van der Waals surface area contributed by atoms with Gasteiger partial charge in [-0.05, 0) is 31.0 Å². The summed E-state index contributed by atoms with van der Waals surface area (Å²) in [5, 5.41) is 0. The van der Waals surface area contributed by atoms with Crippen LogP contribution < -0.4 is 4.74 Å². The van der Waals surface area contributed by atoms with Crippen molar-refractivity contribution in [1.29, 1.82) is 0 Å². The van der Waals surface area contributed by atoms with E-state index < -0.39 is 29.2 Å². The van der Waals surface area contributed by atoms with E-state index in [9.17, 15) is 26.3 Å². The zero-order valence-corrected chi connectivity index (χ0v) is 11.4. The van der Waals surface area contributed by atoms with Crippen LogP contribution in [0.1, 0.15) is 24.0 Å². The normalized spacial score (nSPS) is 23.4. The van der Waals surface area contributed by atoms with Gasteiger partial charge in [-0.25, -0.2) is 0 Å². The maximum Gasteiger partial charge on any atom is 0.416 e. The zero-order chi connectivity index (χ0) is 15.1. The van der Waals surface area contributed by atoms with Gasteiger partial charge in [0.15, 0.2) is 0 Å². The number of benzene rings is 1. The van der Waals surface area contributed by atoms with Crippen LogP contribution in [-0.4, -0.2) is 10.9 Å². The van der Waals surface area contributed by atoms with Crippen LogP contribution in [0.5, 0.6) is 5.75 Å². The molecule has 1 saturated carbocycles. The summed E-state index contributed by atoms with van der Waals surface area (Å²) in [6.45, 7) is 0. The van der Waals surface area contributed by atoms with Gasteiger partial charge in [0.1, 0.15) is 11.9 Å². The monoisotopic (exact) mass is 362 g/mol. The Kier molecular flexibility index (Phi) is 3.96. The van der Waals surface area contributed by atoms with Crippen molar-refractivity contribution in [2.75, 3.05) is 0 Å². The summed E-state index contributed by atoms with van der Waals surface area (Å²) in [6, 6.07) is 1.27. The summed E-state index contributed by atoms with van der Waals surface area (Å²) < 4.78 is 80.8. The predicted molar refractivity (Wildman–Crippen MR) is 62.8 cm³/mol. The van der Waals surface area contributed by atoms with Crippen LogP contribution in [0, 0.1) is 0 Å². The van der Waals surface area contributed by atoms with Crippen molar-refractivity contribution in [2.45, 2.75) is 36.1 Å². The quantitative estimate of drug-likeness (QED) is 0.529. The first-order valence-corrected chi connectivity index (χ1v) is 6.57. The van der Waals surface area contributed by atoms with Crippen LogP contribution in [0.4, 0.5) is 26.3 Å². The Morgan fingerprint density at radius 3 is 1.70 bits per heavy atom. The largest absolute Gasteiger partial charge is 0.490 e. The molecule has 20 heavy (non-hydrogen) atoms. The average molecular weight is 363 g/mol. The van der Waals surface area contributed by atoms with Gasteiger partial charge in [0.2, 0.25) is 0 Å². The van der Waals surface area contributed by atoms with Crippen molar-refractivity contribution in [3.8, 4) is 5.75 Å². The van der Waals surface area contributed by atoms with E-state index in [0.717, 1.165) is 0 Å². The van der Waals surface area contributed by atoms with Crippen LogP contribution in [0.3, 0.4) is 0 Å². The van der Waals surface area contributed by atoms with Crippen LogP contribution in [0.25, 0.3) is 0 Å². The minimum absolute atomic E-state index is 0.0843. The predicted octanol–water partition coefficient (Wildman–Crippen LogP) is 5.03. The average Bonchev–Trinajstić information content (AvgIpc) is 2.24. The molecule has 0 atom stereocenters. The SMILES string of the molecule is FC(F)(F)c1cc(OC2CC(Br)C2)cc(C(F)(F)F)c1. The summed E-state index contributed by atoms with van der Waals surface area (Å²) in [5.41, 5.74) is -2.73. The highest BCUT2D eigenvalue weighted by Gasteiger charge is 2.38. The number of rotatable bonds is 2. The molecule has 1 aromatic carbocycles. The van der Waals surface area contributed by atoms with E-state index in [1.165, 1.54) is 0 Å². The summed E-state index contributed by atoms with van der Waals surface area (Å²) in [7, 11) is 0. The lowest BCUT2D eigenvalue weighted by Crippen LogP contribution is -2.34. The van der Waals surface area contributed by atoms with Gasteiger partial charge < -0.3 is 4.74 Å². The third-order valence-corrected chi connectivity index (χ3v) is 3.65. The standard InChI is InChI=1S/C12H9BrF6O/c13-8-4-10(5-8)20-9-2-6(11(14,15)16)1-7(3-9)12(17,18)19/h1-3,8,10H,4-5H2. The zero-order valence-electron chi connectivity index (χ0n) is 9.85. The van der Waals surface area contributed by atoms with Gasteiger partial charge in [-0.3, -0.25) is 0 Å². The Balaban J connectivity index is 2.31. The first-order valence-electron chi connectivity index (χ1n) is 5.66. The summed E-state index contributed by atoms with van der Waals surface area (Å²) in [6.07, 6.45) is -8.95. The second-order valence-electron chi connectivity index (χ2n) is 4.55. The molecule has 1 aliphatic carbocycles. The molecular weight excluding hydrogens is 354 g/mol. The van der Waals surface area contributed by atoms with E-state index in [-0.39, 0.29) is 17.0 Å². The molecule has 1 fully saturated rings. The lowest BCUT2D eigenvalue weighted by molar-refractivity contribution is -0.143. The van der Waals surface area contributed by atoms with E-state index in [1.54, 1.807) is 0 Å². The fourth-order valence-electron chi connectivity index (χ4n) is 1.78. The van der Waals surface area contributed by atoms with Crippen LogP contribution in [0.15, 0.2) is 18.2 Å². The van der Waals surface area contributed by atoms with Crippen molar-refractivity contribution in [1.82, 2.24) is 0 Å². The molecule has 0 unspecified atom stereocenters. The number of ether oxygens (including phenoxy) is 1. The topological polar surface area (TPSA) is 9.23 Å². The van der Waals surface area contributed by atoms with E-state index in [4.69, 9.17) is 4.74 Å². The van der Waals surface area contributed by atoms with Crippen molar-refractivity contribution in [3.63, 3.8) is 0 Å². The molecule has 1 aliphatic rings. The molecule has 0 spiro atoms. The Morgan fingerprint density at radius 2 is 1.35 bits per heavy atom. The molecular formula is C12H9BrF6O. The highest BCUT2D eigenvalue weighted by molar-refractivity contribution is 9.09. The highest BCUT2D eigenvalue weighted by atomic mass is 79.9. The van der Waals surface area contributed by atoms with Gasteiger partial charge in [0.05, 0.1) is 11.1 Å². The molecule has 0 radical (unpaired) electrons. The van der Waals surface area contributed by atoms with Gasteiger partial charge in [0.25, 0.3) is 0 Å². The van der Waals surface area contributed by atoms with Gasteiger partial charge in [-0.2, -0.15) is 26.3 Å². The third-order valence-electron chi connectivity index (χ3n) is 2.90. The molecule has 0 amide bonds. The Labute approximate surface area is 119 Å². The molecule has 0 aromatic heterocycles. The second-order valence-corrected chi connectivity index (χ2v) is 5.85. The molecule has 1 nitrogen and oxygen atoms in total. The lowest BCUT2D eigenvalue weighted by atomic mass is 9.96. The molecule has 0 bridgehead atoms. The molecule has 0 heterocycles. The molecule has 8 heteroatoms. The van der Waals surface area contributed by atoms with Crippen LogP contribution in [-0.2, 0) is 12.4 Å². The van der Waals surface area contributed by atoms with Gasteiger partial charge in [-0.1, -0.05) is 15.9 Å². The molecule has 0 N–H and O–H groups in total. The maximum absolute atomic E-state index is 12.6. The van der Waals surface area contributed by atoms with E-state index in [2.05, 4.69) is 15.9 Å². The summed E-state index contributed by atoms with van der Waals surface area (Å²) in [4.78, 5) is 0.195. The third kappa shape index (κ3) is 3.59. The Morgan fingerprint density at radius 1 is 0.900 bits per heavy atom. The smallest absolute Gasteiger partial charge is 0.416 e. The maximum atomic E-state index is 12.6. The van der Waals surface area contributed by atoms with Crippen molar-refractivity contribution < 1.29 is 31.1 Å². The van der Waals surface area contributed by atoms with Crippen LogP contribution >= 0.6 is 15.9 Å². The fraction of sp³-hybridized carbons (Fsp3) is 0.500. The fourth-order valence-corrected chi connectivity index (χ4v) is 2.62. The minimum atomic E-state index is -4.85. The number of halogens is 7. The first-order chi connectivity index (χ1) is 9.05. The van der Waals surface area contributed by atoms with E-state index in [1.807, 2.05) is 0 Å². The van der Waals surface area contributed by atoms with Gasteiger partial charge in [-0.15, -0.1) is 0 Å². The first kappa shape index (κ1) is 15.5. The van der Waals surface area contributed by atoms with E-state index >= 15 is 0 Å². The second kappa shape index (κ2) is 5.13. The molecule has 0 saturated heterocycles. The Bertz CT molecular complexity index is 457. The lowest BCUT2D eigenvalue weighted by Gasteiger charge is -2.31. The summed E-state index contributed by atoms with van der Waals surface area (Å²) in [5.74, 6) is -0.406. The molecule has 112 valence electrons. The van der Waals surface area contributed by atoms with Gasteiger partial charge in [0, 0.05) is 4.83 Å².